The van der Waals surface area contributed by atoms with Crippen LogP contribution < -0.4 is 10.5 Å². The molecule has 1 aromatic rings. The van der Waals surface area contributed by atoms with Gasteiger partial charge in [0, 0.05) is 24.7 Å². The molecule has 0 aromatic heterocycles. The lowest BCUT2D eigenvalue weighted by Gasteiger charge is -2.32. The summed E-state index contributed by atoms with van der Waals surface area (Å²) in [5.74, 6) is 0.858. The van der Waals surface area contributed by atoms with Gasteiger partial charge in [-0.15, -0.1) is 0 Å². The summed E-state index contributed by atoms with van der Waals surface area (Å²) in [6.45, 7) is 5.39. The van der Waals surface area contributed by atoms with Crippen LogP contribution in [0, 0.1) is 0 Å². The molecule has 106 valence electrons. The Hall–Kier alpha value is -1.10. The molecule has 0 aliphatic carbocycles. The topological polar surface area (TPSA) is 58.7 Å². The maximum Gasteiger partial charge on any atom is 0.123 e. The summed E-state index contributed by atoms with van der Waals surface area (Å²) in [4.78, 5) is 2.25. The molecule has 1 aromatic carbocycles. The number of aliphatic hydroxyl groups is 1. The van der Waals surface area contributed by atoms with Crippen molar-refractivity contribution in [2.75, 3.05) is 20.2 Å². The number of hydrogen-bond acceptors (Lipinski definition) is 4. The molecule has 0 bridgehead atoms. The first kappa shape index (κ1) is 14.3. The number of nitrogens with zero attached hydrogens (tertiary/aromatic N) is 1. The lowest BCUT2D eigenvalue weighted by atomic mass is 9.98. The molecule has 0 amide bonds. The molecule has 1 aliphatic heterocycles. The minimum Gasteiger partial charge on any atom is -0.496 e. The summed E-state index contributed by atoms with van der Waals surface area (Å²) in [6.07, 6.45) is 0.783. The molecule has 3 unspecified atom stereocenters. The van der Waals surface area contributed by atoms with Crippen molar-refractivity contribution in [3.05, 3.63) is 29.8 Å². The zero-order valence-corrected chi connectivity index (χ0v) is 12.0. The molecular formula is C15H24N2O2. The third-order valence-electron chi connectivity index (χ3n) is 3.83. The van der Waals surface area contributed by atoms with Crippen LogP contribution in [0.3, 0.4) is 0 Å². The first-order valence-electron chi connectivity index (χ1n) is 6.79. The van der Waals surface area contributed by atoms with Crippen molar-refractivity contribution in [3.8, 4) is 5.75 Å². The molecular weight excluding hydrogens is 240 g/mol. The fourth-order valence-corrected chi connectivity index (χ4v) is 2.94. The van der Waals surface area contributed by atoms with Crippen LogP contribution in [0.4, 0.5) is 0 Å². The van der Waals surface area contributed by atoms with E-state index in [1.54, 1.807) is 7.11 Å². The average Bonchev–Trinajstić information content (AvgIpc) is 2.70. The van der Waals surface area contributed by atoms with Crippen LogP contribution in [0.1, 0.15) is 31.9 Å². The van der Waals surface area contributed by atoms with E-state index >= 15 is 0 Å². The molecule has 19 heavy (non-hydrogen) atoms. The van der Waals surface area contributed by atoms with Crippen molar-refractivity contribution >= 4 is 0 Å². The summed E-state index contributed by atoms with van der Waals surface area (Å²) in [5, 5.41) is 10.2. The van der Waals surface area contributed by atoms with Crippen LogP contribution in [0.15, 0.2) is 24.3 Å². The Morgan fingerprint density at radius 1 is 1.42 bits per heavy atom. The molecule has 0 radical (unpaired) electrons. The average molecular weight is 264 g/mol. The lowest BCUT2D eigenvalue weighted by Crippen LogP contribution is -2.40. The Balaban J connectivity index is 2.31. The SMILES string of the molecule is COc1ccccc1C(C(C)N)N1CCC(C)(O)C1. The van der Waals surface area contributed by atoms with Gasteiger partial charge < -0.3 is 15.6 Å². The summed E-state index contributed by atoms with van der Waals surface area (Å²) in [6, 6.07) is 8.02. The van der Waals surface area contributed by atoms with Crippen molar-refractivity contribution in [1.29, 1.82) is 0 Å². The van der Waals surface area contributed by atoms with Crippen molar-refractivity contribution in [3.63, 3.8) is 0 Å². The van der Waals surface area contributed by atoms with Gasteiger partial charge in [0.1, 0.15) is 5.75 Å². The highest BCUT2D eigenvalue weighted by Crippen LogP contribution is 2.35. The summed E-state index contributed by atoms with van der Waals surface area (Å²) in [7, 11) is 1.68. The number of hydrogen-bond donors (Lipinski definition) is 2. The quantitative estimate of drug-likeness (QED) is 0.866. The standard InChI is InChI=1S/C15H24N2O2/c1-11(16)14(17-9-8-15(2,18)10-17)12-6-4-5-7-13(12)19-3/h4-7,11,14,18H,8-10,16H2,1-3H3. The van der Waals surface area contributed by atoms with E-state index in [1.807, 2.05) is 32.0 Å². The number of benzene rings is 1. The molecule has 2 rings (SSSR count). The number of ether oxygens (including phenoxy) is 1. The van der Waals surface area contributed by atoms with E-state index in [-0.39, 0.29) is 12.1 Å². The molecule has 4 heteroatoms. The van der Waals surface area contributed by atoms with Crippen LogP contribution in [0.25, 0.3) is 0 Å². The fourth-order valence-electron chi connectivity index (χ4n) is 2.94. The van der Waals surface area contributed by atoms with E-state index < -0.39 is 5.60 Å². The van der Waals surface area contributed by atoms with Crippen LogP contribution in [0.2, 0.25) is 0 Å². The minimum absolute atomic E-state index is 0.0230. The van der Waals surface area contributed by atoms with Gasteiger partial charge >= 0.3 is 0 Å². The Kier molecular flexibility index (Phi) is 4.13. The molecule has 4 nitrogen and oxygen atoms in total. The normalized spacial score (nSPS) is 27.2. The second-order valence-corrected chi connectivity index (χ2v) is 5.76. The van der Waals surface area contributed by atoms with Crippen LogP contribution in [0.5, 0.6) is 5.75 Å². The number of β-amino-alcohol motifs (C(OH)–C–C–N with tert-alkyl or cyclic N) is 1. The molecule has 1 heterocycles. The number of rotatable bonds is 4. The van der Waals surface area contributed by atoms with Gasteiger partial charge in [0.15, 0.2) is 0 Å². The van der Waals surface area contributed by atoms with Crippen LogP contribution in [-0.4, -0.2) is 41.8 Å². The molecule has 3 N–H and O–H groups in total. The van der Waals surface area contributed by atoms with Crippen LogP contribution >= 0.6 is 0 Å². The van der Waals surface area contributed by atoms with Gasteiger partial charge in [-0.05, 0) is 26.3 Å². The third-order valence-corrected chi connectivity index (χ3v) is 3.83. The molecule has 1 aliphatic rings. The number of para-hydroxylation sites is 1. The molecule has 0 saturated carbocycles. The Morgan fingerprint density at radius 3 is 2.63 bits per heavy atom. The first-order valence-corrected chi connectivity index (χ1v) is 6.79. The van der Waals surface area contributed by atoms with E-state index in [9.17, 15) is 5.11 Å². The van der Waals surface area contributed by atoms with Crippen molar-refractivity contribution in [1.82, 2.24) is 4.90 Å². The van der Waals surface area contributed by atoms with Gasteiger partial charge in [-0.3, -0.25) is 4.90 Å². The maximum atomic E-state index is 10.2. The highest BCUT2D eigenvalue weighted by Gasteiger charge is 2.37. The van der Waals surface area contributed by atoms with Gasteiger partial charge in [-0.2, -0.15) is 0 Å². The number of nitrogens with two attached hydrogens (primary N) is 1. The Labute approximate surface area is 115 Å². The van der Waals surface area contributed by atoms with E-state index in [1.165, 1.54) is 0 Å². The highest BCUT2D eigenvalue weighted by atomic mass is 16.5. The fraction of sp³-hybridized carbons (Fsp3) is 0.600. The Bertz CT molecular complexity index is 432. The summed E-state index contributed by atoms with van der Waals surface area (Å²) in [5.41, 5.74) is 6.66. The zero-order valence-electron chi connectivity index (χ0n) is 12.0. The van der Waals surface area contributed by atoms with Gasteiger partial charge in [-0.1, -0.05) is 18.2 Å². The van der Waals surface area contributed by atoms with Gasteiger partial charge in [0.05, 0.1) is 18.8 Å². The molecule has 1 fully saturated rings. The number of likely N-dealkylation sites (tertiary alicyclic amines) is 1. The summed E-state index contributed by atoms with van der Waals surface area (Å²) >= 11 is 0. The van der Waals surface area contributed by atoms with Crippen molar-refractivity contribution < 1.29 is 9.84 Å². The molecule has 1 saturated heterocycles. The maximum absolute atomic E-state index is 10.2. The smallest absolute Gasteiger partial charge is 0.123 e. The van der Waals surface area contributed by atoms with Gasteiger partial charge in [0.25, 0.3) is 0 Å². The Morgan fingerprint density at radius 2 is 2.11 bits per heavy atom. The largest absolute Gasteiger partial charge is 0.496 e. The van der Waals surface area contributed by atoms with E-state index in [2.05, 4.69) is 11.0 Å². The minimum atomic E-state index is -0.616. The van der Waals surface area contributed by atoms with E-state index in [4.69, 9.17) is 10.5 Å². The van der Waals surface area contributed by atoms with Crippen LogP contribution in [-0.2, 0) is 0 Å². The molecule has 0 spiro atoms. The number of methoxy groups -OCH3 is 1. The second kappa shape index (κ2) is 5.49. The zero-order chi connectivity index (χ0) is 14.0. The van der Waals surface area contributed by atoms with Gasteiger partial charge in [0.2, 0.25) is 0 Å². The third kappa shape index (κ3) is 3.08. The van der Waals surface area contributed by atoms with Crippen molar-refractivity contribution in [2.24, 2.45) is 5.73 Å². The van der Waals surface area contributed by atoms with E-state index in [0.717, 1.165) is 24.3 Å². The second-order valence-electron chi connectivity index (χ2n) is 5.76. The monoisotopic (exact) mass is 264 g/mol. The van der Waals surface area contributed by atoms with Crippen molar-refractivity contribution in [2.45, 2.75) is 38.0 Å². The first-order chi connectivity index (χ1) is 8.94. The molecule has 3 atom stereocenters. The summed E-state index contributed by atoms with van der Waals surface area (Å²) < 4.78 is 5.44. The van der Waals surface area contributed by atoms with E-state index in [0.29, 0.717) is 6.54 Å². The predicted octanol–water partition coefficient (Wildman–Crippen LogP) is 1.54. The highest BCUT2D eigenvalue weighted by molar-refractivity contribution is 5.37. The predicted molar refractivity (Wildman–Crippen MR) is 76.2 cm³/mol. The van der Waals surface area contributed by atoms with Gasteiger partial charge in [-0.25, -0.2) is 0 Å². The lowest BCUT2D eigenvalue weighted by molar-refractivity contribution is 0.0598.